The van der Waals surface area contributed by atoms with Crippen LogP contribution >= 0.6 is 0 Å². The zero-order valence-electron chi connectivity index (χ0n) is 12.4. The van der Waals surface area contributed by atoms with Crippen LogP contribution in [0.25, 0.3) is 6.08 Å². The first-order valence-electron chi connectivity index (χ1n) is 7.80. The number of nitrogens with zero attached hydrogens (tertiary/aromatic N) is 3. The van der Waals surface area contributed by atoms with Crippen LogP contribution in [0.15, 0.2) is 47.3 Å². The molecule has 21 heavy (non-hydrogen) atoms. The van der Waals surface area contributed by atoms with E-state index in [2.05, 4.69) is 28.3 Å². The lowest BCUT2D eigenvalue weighted by molar-refractivity contribution is 0.190. The zero-order valence-corrected chi connectivity index (χ0v) is 12.4. The van der Waals surface area contributed by atoms with Gasteiger partial charge in [0, 0.05) is 25.5 Å². The Bertz CT molecular complexity index is 522. The van der Waals surface area contributed by atoms with Gasteiger partial charge in [-0.15, -0.1) is 0 Å². The van der Waals surface area contributed by atoms with Crippen molar-refractivity contribution in [3.05, 3.63) is 48.7 Å². The second kappa shape index (κ2) is 7.27. The number of furan rings is 1. The van der Waals surface area contributed by atoms with E-state index in [1.54, 1.807) is 6.26 Å². The average molecular weight is 285 g/mol. The van der Waals surface area contributed by atoms with E-state index in [9.17, 15) is 0 Å². The van der Waals surface area contributed by atoms with Crippen molar-refractivity contribution >= 4 is 6.08 Å². The number of piperidine rings is 1. The third-order valence-electron chi connectivity index (χ3n) is 4.22. The maximum absolute atomic E-state index is 5.29. The van der Waals surface area contributed by atoms with Crippen molar-refractivity contribution in [3.8, 4) is 0 Å². The second-order valence-electron chi connectivity index (χ2n) is 5.72. The Morgan fingerprint density at radius 3 is 2.90 bits per heavy atom. The number of likely N-dealkylation sites (tertiary alicyclic amines) is 1. The molecule has 0 N–H and O–H groups in total. The van der Waals surface area contributed by atoms with Crippen molar-refractivity contribution in [1.82, 2.24) is 14.7 Å². The molecule has 0 spiro atoms. The molecule has 0 unspecified atom stereocenters. The van der Waals surface area contributed by atoms with Crippen LogP contribution in [0.1, 0.15) is 25.0 Å². The second-order valence-corrected chi connectivity index (χ2v) is 5.72. The van der Waals surface area contributed by atoms with Crippen molar-refractivity contribution in [1.29, 1.82) is 0 Å². The lowest BCUT2D eigenvalue weighted by Gasteiger charge is -2.31. The molecule has 1 aliphatic heterocycles. The third kappa shape index (κ3) is 4.33. The van der Waals surface area contributed by atoms with Crippen LogP contribution in [0, 0.1) is 5.92 Å². The van der Waals surface area contributed by atoms with Crippen LogP contribution in [-0.4, -0.2) is 34.3 Å². The van der Waals surface area contributed by atoms with E-state index in [1.165, 1.54) is 32.4 Å². The van der Waals surface area contributed by atoms with Gasteiger partial charge in [-0.2, -0.15) is 5.10 Å². The Morgan fingerprint density at radius 2 is 2.19 bits per heavy atom. The Labute approximate surface area is 126 Å². The summed E-state index contributed by atoms with van der Waals surface area (Å²) in [6.45, 7) is 4.47. The molecule has 3 rings (SSSR count). The summed E-state index contributed by atoms with van der Waals surface area (Å²) in [4.78, 5) is 2.52. The standard InChI is InChI=1S/C17H23N3O/c1(4-17-5-2-15-21-17)10-19-12-6-16(7-13-19)8-14-20-11-3-9-18-20/h1-5,9,11,15-16H,6-8,10,12-14H2. The minimum Gasteiger partial charge on any atom is -0.465 e. The van der Waals surface area contributed by atoms with Gasteiger partial charge in [-0.05, 0) is 62.5 Å². The smallest absolute Gasteiger partial charge is 0.126 e. The van der Waals surface area contributed by atoms with Gasteiger partial charge >= 0.3 is 0 Å². The molecule has 2 aromatic heterocycles. The van der Waals surface area contributed by atoms with Crippen LogP contribution in [0.4, 0.5) is 0 Å². The maximum Gasteiger partial charge on any atom is 0.126 e. The third-order valence-corrected chi connectivity index (χ3v) is 4.22. The molecule has 0 radical (unpaired) electrons. The molecular formula is C17H23N3O. The minimum absolute atomic E-state index is 0.847. The Balaban J connectivity index is 1.35. The molecule has 1 saturated heterocycles. The predicted molar refractivity (Wildman–Crippen MR) is 83.8 cm³/mol. The SMILES string of the molecule is C(=Cc1ccco1)CN1CCC(CCn2cccn2)CC1. The normalized spacial score (nSPS) is 17.7. The summed E-state index contributed by atoms with van der Waals surface area (Å²) in [6.07, 6.45) is 13.7. The van der Waals surface area contributed by atoms with E-state index in [-0.39, 0.29) is 0 Å². The average Bonchev–Trinajstić information content (AvgIpc) is 3.20. The highest BCUT2D eigenvalue weighted by Gasteiger charge is 2.18. The molecule has 4 nitrogen and oxygen atoms in total. The molecule has 4 heteroatoms. The molecule has 3 heterocycles. The summed E-state index contributed by atoms with van der Waals surface area (Å²) >= 11 is 0. The van der Waals surface area contributed by atoms with Crippen molar-refractivity contribution in [2.24, 2.45) is 5.92 Å². The van der Waals surface area contributed by atoms with Gasteiger partial charge in [-0.1, -0.05) is 6.08 Å². The van der Waals surface area contributed by atoms with E-state index in [0.717, 1.165) is 24.8 Å². The van der Waals surface area contributed by atoms with Gasteiger partial charge in [0.05, 0.1) is 6.26 Å². The highest BCUT2D eigenvalue weighted by atomic mass is 16.3. The first-order valence-corrected chi connectivity index (χ1v) is 7.80. The van der Waals surface area contributed by atoms with E-state index in [4.69, 9.17) is 4.42 Å². The summed E-state index contributed by atoms with van der Waals surface area (Å²) in [5, 5.41) is 4.27. The first kappa shape index (κ1) is 14.1. The fraction of sp³-hybridized carbons (Fsp3) is 0.471. The van der Waals surface area contributed by atoms with Gasteiger partial charge < -0.3 is 4.42 Å². The molecule has 1 fully saturated rings. The van der Waals surface area contributed by atoms with Crippen molar-refractivity contribution < 1.29 is 4.42 Å². The van der Waals surface area contributed by atoms with E-state index in [1.807, 2.05) is 29.1 Å². The van der Waals surface area contributed by atoms with Crippen LogP contribution in [0.3, 0.4) is 0 Å². The Kier molecular flexibility index (Phi) is 4.90. The molecular weight excluding hydrogens is 262 g/mol. The van der Waals surface area contributed by atoms with E-state index in [0.29, 0.717) is 0 Å². The number of hydrogen-bond donors (Lipinski definition) is 0. The van der Waals surface area contributed by atoms with Gasteiger partial charge in [0.25, 0.3) is 0 Å². The monoisotopic (exact) mass is 285 g/mol. The number of hydrogen-bond acceptors (Lipinski definition) is 3. The molecule has 0 aliphatic carbocycles. The summed E-state index contributed by atoms with van der Waals surface area (Å²) < 4.78 is 7.33. The van der Waals surface area contributed by atoms with Gasteiger partial charge in [-0.3, -0.25) is 9.58 Å². The van der Waals surface area contributed by atoms with E-state index >= 15 is 0 Å². The van der Waals surface area contributed by atoms with Crippen LogP contribution in [0.2, 0.25) is 0 Å². The molecule has 0 bridgehead atoms. The summed E-state index contributed by atoms with van der Waals surface area (Å²) in [6, 6.07) is 5.90. The Morgan fingerprint density at radius 1 is 1.29 bits per heavy atom. The molecule has 0 aromatic carbocycles. The van der Waals surface area contributed by atoms with Crippen molar-refractivity contribution in [3.63, 3.8) is 0 Å². The van der Waals surface area contributed by atoms with Crippen molar-refractivity contribution in [2.45, 2.75) is 25.8 Å². The fourth-order valence-electron chi connectivity index (χ4n) is 2.91. The molecule has 0 saturated carbocycles. The first-order chi connectivity index (χ1) is 10.4. The summed E-state index contributed by atoms with van der Waals surface area (Å²) in [7, 11) is 0. The largest absolute Gasteiger partial charge is 0.465 e. The van der Waals surface area contributed by atoms with Gasteiger partial charge in [0.15, 0.2) is 0 Å². The number of aromatic nitrogens is 2. The quantitative estimate of drug-likeness (QED) is 0.816. The summed E-state index contributed by atoms with van der Waals surface area (Å²) in [5.74, 6) is 1.78. The topological polar surface area (TPSA) is 34.2 Å². The van der Waals surface area contributed by atoms with E-state index < -0.39 is 0 Å². The fourth-order valence-corrected chi connectivity index (χ4v) is 2.91. The van der Waals surface area contributed by atoms with Gasteiger partial charge in [0.2, 0.25) is 0 Å². The molecule has 0 amide bonds. The maximum atomic E-state index is 5.29. The minimum atomic E-state index is 0.847. The highest BCUT2D eigenvalue weighted by Crippen LogP contribution is 2.21. The molecule has 112 valence electrons. The zero-order chi connectivity index (χ0) is 14.3. The lowest BCUT2D eigenvalue weighted by atomic mass is 9.93. The lowest BCUT2D eigenvalue weighted by Crippen LogP contribution is -2.34. The summed E-state index contributed by atoms with van der Waals surface area (Å²) in [5.41, 5.74) is 0. The van der Waals surface area contributed by atoms with Crippen molar-refractivity contribution in [2.75, 3.05) is 19.6 Å². The molecule has 1 aliphatic rings. The molecule has 0 atom stereocenters. The Hall–Kier alpha value is -1.81. The van der Waals surface area contributed by atoms with Crippen LogP contribution < -0.4 is 0 Å². The van der Waals surface area contributed by atoms with Gasteiger partial charge in [0.1, 0.15) is 5.76 Å². The number of aryl methyl sites for hydroxylation is 1. The van der Waals surface area contributed by atoms with Crippen LogP contribution in [0.5, 0.6) is 0 Å². The predicted octanol–water partition coefficient (Wildman–Crippen LogP) is 3.29. The highest BCUT2D eigenvalue weighted by molar-refractivity contribution is 5.42. The van der Waals surface area contributed by atoms with Gasteiger partial charge in [-0.25, -0.2) is 0 Å². The number of rotatable bonds is 6. The molecule has 2 aromatic rings. The van der Waals surface area contributed by atoms with Crippen LogP contribution in [-0.2, 0) is 6.54 Å².